The molecular formula is C21H22N4O2S. The number of rotatable bonds is 8. The van der Waals surface area contributed by atoms with Crippen LogP contribution in [0.5, 0.6) is 0 Å². The van der Waals surface area contributed by atoms with Gasteiger partial charge in [-0.05, 0) is 48.2 Å². The fourth-order valence-electron chi connectivity index (χ4n) is 2.64. The number of hydrogen-bond acceptors (Lipinski definition) is 5. The molecule has 0 saturated carbocycles. The highest BCUT2D eigenvalue weighted by Gasteiger charge is 2.11. The van der Waals surface area contributed by atoms with Gasteiger partial charge in [-0.15, -0.1) is 11.3 Å². The fraction of sp³-hybridized carbons (Fsp3) is 0.190. The van der Waals surface area contributed by atoms with Gasteiger partial charge in [0.15, 0.2) is 0 Å². The number of hydrogen-bond donors (Lipinski definition) is 3. The summed E-state index contributed by atoms with van der Waals surface area (Å²) in [5.74, 6) is -0.391. The lowest BCUT2D eigenvalue weighted by atomic mass is 10.1. The van der Waals surface area contributed by atoms with Crippen molar-refractivity contribution in [2.24, 2.45) is 0 Å². The molecule has 0 aliphatic rings. The van der Waals surface area contributed by atoms with E-state index in [-0.39, 0.29) is 11.8 Å². The molecule has 28 heavy (non-hydrogen) atoms. The Morgan fingerprint density at radius 1 is 1.00 bits per heavy atom. The first kappa shape index (κ1) is 19.6. The molecule has 2 aromatic heterocycles. The molecule has 144 valence electrons. The van der Waals surface area contributed by atoms with Crippen molar-refractivity contribution in [1.29, 1.82) is 0 Å². The number of aromatic nitrogens is 1. The quantitative estimate of drug-likeness (QED) is 0.512. The van der Waals surface area contributed by atoms with Crippen molar-refractivity contribution in [3.05, 3.63) is 81.8 Å². The van der Waals surface area contributed by atoms with Crippen LogP contribution in [-0.2, 0) is 6.54 Å². The fourth-order valence-corrected chi connectivity index (χ4v) is 3.49. The van der Waals surface area contributed by atoms with E-state index >= 15 is 0 Å². The summed E-state index contributed by atoms with van der Waals surface area (Å²) in [5, 5.41) is 11.0. The third-order valence-electron chi connectivity index (χ3n) is 4.20. The number of aryl methyl sites for hydroxylation is 1. The number of carbonyl (C=O) groups is 2. The Balaban J connectivity index is 1.50. The third kappa shape index (κ3) is 5.17. The van der Waals surface area contributed by atoms with Crippen molar-refractivity contribution in [1.82, 2.24) is 15.6 Å². The topological polar surface area (TPSA) is 83.1 Å². The molecule has 3 aromatic rings. The van der Waals surface area contributed by atoms with Crippen LogP contribution in [0.15, 0.2) is 60.2 Å². The minimum atomic E-state index is -0.212. The summed E-state index contributed by atoms with van der Waals surface area (Å²) in [5.41, 5.74) is 3.10. The van der Waals surface area contributed by atoms with E-state index in [2.05, 4.69) is 39.3 Å². The Labute approximate surface area is 168 Å². The highest BCUT2D eigenvalue weighted by Crippen LogP contribution is 2.20. The second-order valence-electron chi connectivity index (χ2n) is 6.18. The zero-order valence-corrected chi connectivity index (χ0v) is 16.4. The molecule has 1 aromatic carbocycles. The monoisotopic (exact) mass is 394 g/mol. The van der Waals surface area contributed by atoms with E-state index in [1.165, 1.54) is 16.6 Å². The van der Waals surface area contributed by atoms with Crippen LogP contribution in [-0.4, -0.2) is 29.9 Å². The van der Waals surface area contributed by atoms with Gasteiger partial charge in [-0.25, -0.2) is 0 Å². The maximum Gasteiger partial charge on any atom is 0.253 e. The summed E-state index contributed by atoms with van der Waals surface area (Å²) in [6, 6.07) is 12.9. The summed E-state index contributed by atoms with van der Waals surface area (Å²) in [6.45, 7) is 3.42. The molecule has 2 heterocycles. The molecule has 3 N–H and O–H groups in total. The Bertz CT molecular complexity index is 940. The van der Waals surface area contributed by atoms with Gasteiger partial charge in [0.1, 0.15) is 0 Å². The molecule has 0 spiro atoms. The molecule has 0 unspecified atom stereocenters. The first-order valence-corrected chi connectivity index (χ1v) is 9.85. The summed E-state index contributed by atoms with van der Waals surface area (Å²) in [4.78, 5) is 29.7. The van der Waals surface area contributed by atoms with E-state index in [1.54, 1.807) is 35.7 Å². The Kier molecular flexibility index (Phi) is 6.75. The molecule has 0 aliphatic carbocycles. The highest BCUT2D eigenvalue weighted by molar-refractivity contribution is 7.10. The number of anilines is 1. The third-order valence-corrected chi connectivity index (χ3v) is 5.22. The number of carbonyl (C=O) groups excluding carboxylic acids is 2. The number of thiophene rings is 1. The van der Waals surface area contributed by atoms with Crippen LogP contribution in [0.2, 0.25) is 0 Å². The predicted octanol–water partition coefficient (Wildman–Crippen LogP) is 3.22. The highest BCUT2D eigenvalue weighted by atomic mass is 32.1. The average molecular weight is 395 g/mol. The average Bonchev–Trinajstić information content (AvgIpc) is 3.15. The lowest BCUT2D eigenvalue weighted by molar-refractivity contribution is 0.0928. The molecule has 0 bridgehead atoms. The predicted molar refractivity (Wildman–Crippen MR) is 112 cm³/mol. The molecule has 0 atom stereocenters. The molecule has 7 heteroatoms. The molecule has 3 rings (SSSR count). The lowest BCUT2D eigenvalue weighted by Gasteiger charge is -2.12. The molecular weight excluding hydrogens is 372 g/mol. The normalized spacial score (nSPS) is 10.3. The Morgan fingerprint density at radius 3 is 2.50 bits per heavy atom. The molecule has 6 nitrogen and oxygen atoms in total. The van der Waals surface area contributed by atoms with Crippen LogP contribution in [0.1, 0.15) is 31.2 Å². The number of benzene rings is 1. The van der Waals surface area contributed by atoms with E-state index in [1.807, 2.05) is 18.2 Å². The summed E-state index contributed by atoms with van der Waals surface area (Å²) < 4.78 is 0. The largest absolute Gasteiger partial charge is 0.379 e. The van der Waals surface area contributed by atoms with Crippen molar-refractivity contribution in [3.63, 3.8) is 0 Å². The van der Waals surface area contributed by atoms with Crippen molar-refractivity contribution in [3.8, 4) is 0 Å². The van der Waals surface area contributed by atoms with Crippen LogP contribution >= 0.6 is 11.3 Å². The van der Waals surface area contributed by atoms with Gasteiger partial charge in [-0.1, -0.05) is 12.1 Å². The number of amides is 2. The minimum Gasteiger partial charge on any atom is -0.379 e. The van der Waals surface area contributed by atoms with Crippen LogP contribution in [0.3, 0.4) is 0 Å². The van der Waals surface area contributed by atoms with E-state index in [4.69, 9.17) is 0 Å². The van der Waals surface area contributed by atoms with Gasteiger partial charge in [0.05, 0.1) is 11.1 Å². The molecule has 0 fully saturated rings. The van der Waals surface area contributed by atoms with Gasteiger partial charge >= 0.3 is 0 Å². The van der Waals surface area contributed by atoms with Crippen LogP contribution in [0.25, 0.3) is 0 Å². The summed E-state index contributed by atoms with van der Waals surface area (Å²) >= 11 is 1.69. The second kappa shape index (κ2) is 9.66. The van der Waals surface area contributed by atoms with E-state index in [9.17, 15) is 9.59 Å². The SMILES string of the molecule is Cc1ccsc1CNc1ccccc1C(=O)NCCNC(=O)c1cccnc1. The second-order valence-corrected chi connectivity index (χ2v) is 7.18. The zero-order chi connectivity index (χ0) is 19.8. The first-order chi connectivity index (χ1) is 13.6. The van der Waals surface area contributed by atoms with Gasteiger partial charge in [-0.3, -0.25) is 14.6 Å². The Hall–Kier alpha value is -3.19. The van der Waals surface area contributed by atoms with Crippen molar-refractivity contribution < 1.29 is 9.59 Å². The van der Waals surface area contributed by atoms with Crippen molar-refractivity contribution in [2.75, 3.05) is 18.4 Å². The van der Waals surface area contributed by atoms with E-state index in [0.29, 0.717) is 30.8 Å². The van der Waals surface area contributed by atoms with Gasteiger partial charge < -0.3 is 16.0 Å². The molecule has 0 aliphatic heterocycles. The summed E-state index contributed by atoms with van der Waals surface area (Å²) in [6.07, 6.45) is 3.12. The van der Waals surface area contributed by atoms with Crippen LogP contribution in [0.4, 0.5) is 5.69 Å². The maximum absolute atomic E-state index is 12.5. The van der Waals surface area contributed by atoms with Crippen LogP contribution in [0, 0.1) is 6.92 Å². The van der Waals surface area contributed by atoms with Crippen LogP contribution < -0.4 is 16.0 Å². The minimum absolute atomic E-state index is 0.179. The van der Waals surface area contributed by atoms with Gasteiger partial charge in [0.25, 0.3) is 11.8 Å². The smallest absolute Gasteiger partial charge is 0.253 e. The maximum atomic E-state index is 12.5. The van der Waals surface area contributed by atoms with Gasteiger partial charge in [-0.2, -0.15) is 0 Å². The molecule has 2 amide bonds. The number of para-hydroxylation sites is 1. The van der Waals surface area contributed by atoms with E-state index in [0.717, 1.165) is 5.69 Å². The number of nitrogens with zero attached hydrogens (tertiary/aromatic N) is 1. The van der Waals surface area contributed by atoms with E-state index < -0.39 is 0 Å². The number of nitrogens with one attached hydrogen (secondary N) is 3. The zero-order valence-electron chi connectivity index (χ0n) is 15.6. The molecule has 0 radical (unpaired) electrons. The Morgan fingerprint density at radius 2 is 1.79 bits per heavy atom. The summed E-state index contributed by atoms with van der Waals surface area (Å²) in [7, 11) is 0. The van der Waals surface area contributed by atoms with Crippen molar-refractivity contribution in [2.45, 2.75) is 13.5 Å². The molecule has 0 saturated heterocycles. The first-order valence-electron chi connectivity index (χ1n) is 8.97. The lowest BCUT2D eigenvalue weighted by Crippen LogP contribution is -2.35. The number of pyridine rings is 1. The van der Waals surface area contributed by atoms with Gasteiger partial charge in [0.2, 0.25) is 0 Å². The van der Waals surface area contributed by atoms with Gasteiger partial charge in [0, 0.05) is 42.6 Å². The standard InChI is InChI=1S/C21H22N4O2S/c1-15-8-12-28-19(15)14-25-18-7-3-2-6-17(18)21(27)24-11-10-23-20(26)16-5-4-9-22-13-16/h2-9,12-13,25H,10-11,14H2,1H3,(H,23,26)(H,24,27). The van der Waals surface area contributed by atoms with Crippen molar-refractivity contribution >= 4 is 28.8 Å².